The van der Waals surface area contributed by atoms with Crippen molar-refractivity contribution in [3.8, 4) is 0 Å². The first kappa shape index (κ1) is 23.1. The fourth-order valence-electron chi connectivity index (χ4n) is 1.01. The van der Waals surface area contributed by atoms with Crippen LogP contribution in [0.1, 0.15) is 18.4 Å². The Morgan fingerprint density at radius 2 is 1.36 bits per heavy atom. The molecule has 0 saturated carbocycles. The standard InChI is InChI=1S/C8H12Cl2O.C8H8.C2H3Cl/c9-5-1-3-7-11-8-4-2-6-10;1-2-8-6-4-3-5-7-8;1-2-3/h3-4,7-8H,1-2,5-6H2;2-7H,1H2;2H,1H2. The normalized spacial score (nSPS) is 9.41. The number of allylic oxidation sites excluding steroid dienone is 2. The fourth-order valence-corrected chi connectivity index (χ4v) is 1.26. The predicted octanol–water partition coefficient (Wildman–Crippen LogP) is 6.99. The SMILES string of the molecule is C=CCl.C=Cc1ccccc1.ClCCC=COC=CCCCl. The van der Waals surface area contributed by atoms with E-state index in [9.17, 15) is 0 Å². The molecule has 0 unspecified atom stereocenters. The Bertz CT molecular complexity index is 386. The summed E-state index contributed by atoms with van der Waals surface area (Å²) < 4.78 is 4.96. The van der Waals surface area contributed by atoms with Crippen molar-refractivity contribution in [2.24, 2.45) is 0 Å². The zero-order chi connectivity index (χ0) is 16.9. The van der Waals surface area contributed by atoms with E-state index < -0.39 is 0 Å². The lowest BCUT2D eigenvalue weighted by Gasteiger charge is -1.88. The van der Waals surface area contributed by atoms with Gasteiger partial charge in [0.25, 0.3) is 0 Å². The summed E-state index contributed by atoms with van der Waals surface area (Å²) >= 11 is 15.6. The quantitative estimate of drug-likeness (QED) is 0.376. The first-order valence-corrected chi connectivity index (χ1v) is 8.23. The summed E-state index contributed by atoms with van der Waals surface area (Å²) in [6, 6.07) is 10.0. The van der Waals surface area contributed by atoms with E-state index in [0.29, 0.717) is 11.8 Å². The van der Waals surface area contributed by atoms with E-state index in [1.165, 1.54) is 11.1 Å². The topological polar surface area (TPSA) is 9.23 Å². The molecule has 0 aromatic heterocycles. The van der Waals surface area contributed by atoms with Crippen molar-refractivity contribution < 1.29 is 4.74 Å². The zero-order valence-corrected chi connectivity index (χ0v) is 14.9. The number of benzene rings is 1. The lowest BCUT2D eigenvalue weighted by atomic mass is 10.2. The molecular weight excluding hydrogens is 339 g/mol. The van der Waals surface area contributed by atoms with E-state index >= 15 is 0 Å². The van der Waals surface area contributed by atoms with Gasteiger partial charge in [-0.3, -0.25) is 0 Å². The highest BCUT2D eigenvalue weighted by Crippen LogP contribution is 1.97. The number of hydrogen-bond acceptors (Lipinski definition) is 1. The van der Waals surface area contributed by atoms with Gasteiger partial charge in [0.15, 0.2) is 0 Å². The molecule has 0 fully saturated rings. The maximum Gasteiger partial charge on any atom is 0.0861 e. The molecule has 4 heteroatoms. The second-order valence-electron chi connectivity index (χ2n) is 3.60. The van der Waals surface area contributed by atoms with E-state index in [-0.39, 0.29) is 0 Å². The van der Waals surface area contributed by atoms with Gasteiger partial charge in [-0.05, 0) is 36.1 Å². The summed E-state index contributed by atoms with van der Waals surface area (Å²) in [5.41, 5.74) is 2.40. The van der Waals surface area contributed by atoms with Crippen molar-refractivity contribution in [2.75, 3.05) is 11.8 Å². The van der Waals surface area contributed by atoms with Gasteiger partial charge >= 0.3 is 0 Å². The number of ether oxygens (including phenoxy) is 1. The molecule has 1 aromatic rings. The van der Waals surface area contributed by atoms with Gasteiger partial charge in [-0.15, -0.1) is 23.2 Å². The van der Waals surface area contributed by atoms with Crippen LogP contribution in [-0.2, 0) is 4.74 Å². The maximum absolute atomic E-state index is 5.42. The molecule has 0 bridgehead atoms. The Hall–Kier alpha value is -1.15. The second-order valence-corrected chi connectivity index (χ2v) is 4.67. The van der Waals surface area contributed by atoms with Crippen molar-refractivity contribution in [3.05, 3.63) is 79.3 Å². The third-order valence-electron chi connectivity index (χ3n) is 1.94. The number of alkyl halides is 2. The lowest BCUT2D eigenvalue weighted by Crippen LogP contribution is -1.70. The summed E-state index contributed by atoms with van der Waals surface area (Å²) in [6.45, 7) is 6.76. The Morgan fingerprint density at radius 3 is 1.68 bits per heavy atom. The molecule has 0 aliphatic heterocycles. The van der Waals surface area contributed by atoms with Crippen molar-refractivity contribution >= 4 is 40.9 Å². The van der Waals surface area contributed by atoms with Gasteiger partial charge in [-0.2, -0.15) is 0 Å². The Balaban J connectivity index is 0. The second kappa shape index (κ2) is 22.1. The third-order valence-corrected chi connectivity index (χ3v) is 2.37. The van der Waals surface area contributed by atoms with E-state index in [4.69, 9.17) is 39.5 Å². The van der Waals surface area contributed by atoms with Crippen LogP contribution in [0.4, 0.5) is 0 Å². The average Bonchev–Trinajstić information content (AvgIpc) is 2.56. The van der Waals surface area contributed by atoms with Gasteiger partial charge in [-0.1, -0.05) is 61.2 Å². The summed E-state index contributed by atoms with van der Waals surface area (Å²) in [6.07, 6.45) is 10.5. The highest BCUT2D eigenvalue weighted by atomic mass is 35.5. The monoisotopic (exact) mass is 360 g/mol. The molecule has 0 heterocycles. The van der Waals surface area contributed by atoms with Crippen LogP contribution in [0.3, 0.4) is 0 Å². The lowest BCUT2D eigenvalue weighted by molar-refractivity contribution is 0.399. The van der Waals surface area contributed by atoms with Gasteiger partial charge in [0, 0.05) is 11.8 Å². The van der Waals surface area contributed by atoms with E-state index in [0.717, 1.165) is 12.8 Å². The van der Waals surface area contributed by atoms with Crippen molar-refractivity contribution in [2.45, 2.75) is 12.8 Å². The molecule has 0 N–H and O–H groups in total. The highest BCUT2D eigenvalue weighted by molar-refractivity contribution is 6.25. The highest BCUT2D eigenvalue weighted by Gasteiger charge is 1.76. The van der Waals surface area contributed by atoms with Gasteiger partial charge in [-0.25, -0.2) is 0 Å². The largest absolute Gasteiger partial charge is 0.473 e. The van der Waals surface area contributed by atoms with Crippen LogP contribution in [0, 0.1) is 0 Å². The number of halogens is 3. The Morgan fingerprint density at radius 1 is 0.909 bits per heavy atom. The van der Waals surface area contributed by atoms with Crippen molar-refractivity contribution in [3.63, 3.8) is 0 Å². The summed E-state index contributed by atoms with van der Waals surface area (Å²) in [5, 5.41) is 0. The van der Waals surface area contributed by atoms with Crippen molar-refractivity contribution in [1.29, 1.82) is 0 Å². The van der Waals surface area contributed by atoms with Crippen LogP contribution in [0.15, 0.2) is 73.7 Å². The van der Waals surface area contributed by atoms with Crippen molar-refractivity contribution in [1.82, 2.24) is 0 Å². The summed E-state index contributed by atoms with van der Waals surface area (Å²) in [7, 11) is 0. The smallest absolute Gasteiger partial charge is 0.0861 e. The third kappa shape index (κ3) is 21.2. The molecule has 0 spiro atoms. The first-order valence-electron chi connectivity index (χ1n) is 6.72. The number of rotatable bonds is 7. The Labute approximate surface area is 149 Å². The zero-order valence-electron chi connectivity index (χ0n) is 12.6. The fraction of sp³-hybridized carbons (Fsp3) is 0.222. The maximum atomic E-state index is 5.42. The van der Waals surface area contributed by atoms with E-state index in [1.54, 1.807) is 12.5 Å². The van der Waals surface area contributed by atoms with Crippen LogP contribution in [0.25, 0.3) is 6.08 Å². The minimum absolute atomic E-state index is 0.630. The molecule has 0 saturated heterocycles. The van der Waals surface area contributed by atoms with Crippen LogP contribution in [0.5, 0.6) is 0 Å². The van der Waals surface area contributed by atoms with E-state index in [1.807, 2.05) is 48.6 Å². The Kier molecular flexibility index (Phi) is 23.3. The molecule has 1 aromatic carbocycles. The molecule has 0 aliphatic rings. The number of hydrogen-bond donors (Lipinski definition) is 0. The molecule has 0 aliphatic carbocycles. The summed E-state index contributed by atoms with van der Waals surface area (Å²) in [5.74, 6) is 1.26. The molecule has 0 radical (unpaired) electrons. The molecule has 1 nitrogen and oxygen atoms in total. The van der Waals surface area contributed by atoms with Crippen LogP contribution in [0.2, 0.25) is 0 Å². The minimum atomic E-state index is 0.630. The predicted molar refractivity (Wildman–Crippen MR) is 103 cm³/mol. The summed E-state index contributed by atoms with van der Waals surface area (Å²) in [4.78, 5) is 0. The molecular formula is C18H23Cl3O. The molecule has 1 rings (SSSR count). The van der Waals surface area contributed by atoms with Crippen LogP contribution < -0.4 is 0 Å². The molecule has 0 atom stereocenters. The average molecular weight is 362 g/mol. The van der Waals surface area contributed by atoms with Crippen LogP contribution >= 0.6 is 34.8 Å². The molecule has 122 valence electrons. The van der Waals surface area contributed by atoms with Gasteiger partial charge in [0.05, 0.1) is 12.5 Å². The van der Waals surface area contributed by atoms with Gasteiger partial charge < -0.3 is 4.74 Å². The first-order chi connectivity index (χ1) is 10.8. The van der Waals surface area contributed by atoms with Gasteiger partial charge in [0.1, 0.15) is 0 Å². The molecule has 0 amide bonds. The van der Waals surface area contributed by atoms with Gasteiger partial charge in [0.2, 0.25) is 0 Å². The van der Waals surface area contributed by atoms with Crippen LogP contribution in [-0.4, -0.2) is 11.8 Å². The minimum Gasteiger partial charge on any atom is -0.473 e. The molecule has 22 heavy (non-hydrogen) atoms. The van der Waals surface area contributed by atoms with E-state index in [2.05, 4.69) is 13.2 Å².